The molecule has 1 unspecified atom stereocenters. The van der Waals surface area contributed by atoms with E-state index in [9.17, 15) is 4.79 Å². The topological polar surface area (TPSA) is 61.4 Å². The Morgan fingerprint density at radius 3 is 2.59 bits per heavy atom. The highest BCUT2D eigenvalue weighted by molar-refractivity contribution is 6.31. The van der Waals surface area contributed by atoms with Gasteiger partial charge in [-0.15, -0.1) is 0 Å². The molecular weight excluding hydrogens is 384 g/mol. The number of carbonyl (C=O) groups excluding carboxylic acids is 1. The van der Waals surface area contributed by atoms with Gasteiger partial charge in [-0.25, -0.2) is 9.99 Å². The Labute approximate surface area is 172 Å². The number of aromatic nitrogens is 2. The number of H-pyrrole nitrogens is 1. The zero-order valence-electron chi connectivity index (χ0n) is 15.4. The van der Waals surface area contributed by atoms with Gasteiger partial charge >= 0.3 is 0 Å². The SMILES string of the molecule is O=C(c1cccc(Cl)c1)N1N=C(c2nc3ccccc3[nH]2)CC1c1ccccc1. The molecule has 5 nitrogen and oxygen atoms in total. The van der Waals surface area contributed by atoms with Crippen LogP contribution in [0.2, 0.25) is 5.02 Å². The standard InChI is InChI=1S/C23H17ClN4O/c24-17-10-6-9-16(13-17)23(29)28-21(15-7-2-1-3-8-15)14-20(27-28)22-25-18-11-4-5-12-19(18)26-22/h1-13,21H,14H2,(H,25,26). The third-order valence-electron chi connectivity index (χ3n) is 5.04. The Kier molecular flexibility index (Phi) is 4.37. The van der Waals surface area contributed by atoms with Crippen LogP contribution in [-0.4, -0.2) is 26.6 Å². The summed E-state index contributed by atoms with van der Waals surface area (Å²) in [5, 5.41) is 6.75. The molecule has 6 heteroatoms. The molecular formula is C23H17ClN4O. The van der Waals surface area contributed by atoms with E-state index in [0.717, 1.165) is 22.3 Å². The van der Waals surface area contributed by atoms with E-state index < -0.39 is 0 Å². The summed E-state index contributed by atoms with van der Waals surface area (Å²) in [5.41, 5.74) is 4.11. The fourth-order valence-electron chi connectivity index (χ4n) is 3.62. The van der Waals surface area contributed by atoms with Gasteiger partial charge in [0.2, 0.25) is 0 Å². The average molecular weight is 401 g/mol. The van der Waals surface area contributed by atoms with E-state index in [-0.39, 0.29) is 11.9 Å². The van der Waals surface area contributed by atoms with Crippen LogP contribution in [0.1, 0.15) is 34.2 Å². The summed E-state index contributed by atoms with van der Waals surface area (Å²) in [4.78, 5) is 21.2. The quantitative estimate of drug-likeness (QED) is 0.513. The number of halogens is 1. The number of aromatic amines is 1. The van der Waals surface area contributed by atoms with Gasteiger partial charge in [0.1, 0.15) is 5.71 Å². The first kappa shape index (κ1) is 17.6. The predicted molar refractivity (Wildman–Crippen MR) is 114 cm³/mol. The first-order valence-corrected chi connectivity index (χ1v) is 9.73. The molecule has 0 bridgehead atoms. The molecule has 1 aliphatic rings. The van der Waals surface area contributed by atoms with Crippen molar-refractivity contribution < 1.29 is 4.79 Å². The van der Waals surface area contributed by atoms with Gasteiger partial charge in [-0.3, -0.25) is 4.79 Å². The number of para-hydroxylation sites is 2. The maximum Gasteiger partial charge on any atom is 0.274 e. The van der Waals surface area contributed by atoms with E-state index in [4.69, 9.17) is 11.6 Å². The molecule has 4 aromatic rings. The average Bonchev–Trinajstić information content (AvgIpc) is 3.38. The Balaban J connectivity index is 1.56. The first-order valence-electron chi connectivity index (χ1n) is 9.36. The highest BCUT2D eigenvalue weighted by Gasteiger charge is 2.34. The lowest BCUT2D eigenvalue weighted by Gasteiger charge is -2.22. The minimum Gasteiger partial charge on any atom is -0.337 e. The molecule has 29 heavy (non-hydrogen) atoms. The number of fused-ring (bicyclic) bond motifs is 1. The van der Waals surface area contributed by atoms with Crippen LogP contribution >= 0.6 is 11.6 Å². The lowest BCUT2D eigenvalue weighted by atomic mass is 10.0. The molecule has 1 atom stereocenters. The van der Waals surface area contributed by atoms with Crippen LogP contribution in [-0.2, 0) is 0 Å². The third-order valence-corrected chi connectivity index (χ3v) is 5.27. The van der Waals surface area contributed by atoms with Crippen LogP contribution in [0.3, 0.4) is 0 Å². The van der Waals surface area contributed by atoms with Gasteiger partial charge in [0.15, 0.2) is 5.82 Å². The summed E-state index contributed by atoms with van der Waals surface area (Å²) in [6.45, 7) is 0. The van der Waals surface area contributed by atoms with Gasteiger partial charge in [0, 0.05) is 17.0 Å². The van der Waals surface area contributed by atoms with Crippen molar-refractivity contribution in [2.45, 2.75) is 12.5 Å². The number of hydrazone groups is 1. The van der Waals surface area contributed by atoms with Crippen molar-refractivity contribution in [3.8, 4) is 0 Å². The summed E-state index contributed by atoms with van der Waals surface area (Å²) in [6.07, 6.45) is 0.580. The van der Waals surface area contributed by atoms with Crippen LogP contribution in [0.5, 0.6) is 0 Å². The minimum absolute atomic E-state index is 0.188. The van der Waals surface area contributed by atoms with Gasteiger partial charge in [-0.2, -0.15) is 5.10 Å². The number of hydrogen-bond donors (Lipinski definition) is 1. The zero-order chi connectivity index (χ0) is 19.8. The second-order valence-electron chi connectivity index (χ2n) is 6.94. The van der Waals surface area contributed by atoms with E-state index in [1.54, 1.807) is 29.3 Å². The summed E-state index contributed by atoms with van der Waals surface area (Å²) >= 11 is 6.10. The van der Waals surface area contributed by atoms with Crippen LogP contribution in [0.25, 0.3) is 11.0 Å². The smallest absolute Gasteiger partial charge is 0.274 e. The van der Waals surface area contributed by atoms with Crippen molar-refractivity contribution >= 4 is 34.3 Å². The fourth-order valence-corrected chi connectivity index (χ4v) is 3.81. The van der Waals surface area contributed by atoms with E-state index in [1.165, 1.54) is 0 Å². The highest BCUT2D eigenvalue weighted by atomic mass is 35.5. The Morgan fingerprint density at radius 1 is 1.00 bits per heavy atom. The molecule has 5 rings (SSSR count). The van der Waals surface area contributed by atoms with E-state index in [2.05, 4.69) is 15.1 Å². The molecule has 3 aromatic carbocycles. The minimum atomic E-state index is -0.203. The van der Waals surface area contributed by atoms with Crippen LogP contribution in [0.15, 0.2) is 84.0 Å². The molecule has 2 heterocycles. The molecule has 0 fully saturated rings. The molecule has 0 aliphatic carbocycles. The Hall–Kier alpha value is -3.44. The van der Waals surface area contributed by atoms with E-state index in [1.807, 2.05) is 54.6 Å². The number of hydrogen-bond acceptors (Lipinski definition) is 3. The molecule has 0 spiro atoms. The molecule has 1 aliphatic heterocycles. The maximum atomic E-state index is 13.3. The normalized spacial score (nSPS) is 16.2. The van der Waals surface area contributed by atoms with Crippen LogP contribution in [0, 0.1) is 0 Å². The number of benzene rings is 3. The molecule has 0 saturated carbocycles. The third kappa shape index (κ3) is 3.30. The molecule has 1 amide bonds. The van der Waals surface area contributed by atoms with E-state index in [0.29, 0.717) is 22.8 Å². The van der Waals surface area contributed by atoms with Gasteiger partial charge in [0.25, 0.3) is 5.91 Å². The van der Waals surface area contributed by atoms with Crippen molar-refractivity contribution in [3.63, 3.8) is 0 Å². The monoisotopic (exact) mass is 400 g/mol. The fraction of sp³-hybridized carbons (Fsp3) is 0.0870. The van der Waals surface area contributed by atoms with Crippen molar-refractivity contribution in [1.82, 2.24) is 15.0 Å². The number of carbonyl (C=O) groups is 1. The zero-order valence-corrected chi connectivity index (χ0v) is 16.2. The summed E-state index contributed by atoms with van der Waals surface area (Å²) in [7, 11) is 0. The second-order valence-corrected chi connectivity index (χ2v) is 7.38. The van der Waals surface area contributed by atoms with Gasteiger partial charge in [-0.1, -0.05) is 60.1 Å². The van der Waals surface area contributed by atoms with Gasteiger partial charge in [0.05, 0.1) is 17.1 Å². The lowest BCUT2D eigenvalue weighted by Crippen LogP contribution is -2.27. The highest BCUT2D eigenvalue weighted by Crippen LogP contribution is 2.34. The molecule has 0 radical (unpaired) electrons. The Bertz CT molecular complexity index is 1200. The summed E-state index contributed by atoms with van der Waals surface area (Å²) < 4.78 is 0. The van der Waals surface area contributed by atoms with Crippen molar-refractivity contribution in [1.29, 1.82) is 0 Å². The number of nitrogens with one attached hydrogen (secondary N) is 1. The summed E-state index contributed by atoms with van der Waals surface area (Å²) in [6, 6.07) is 24.5. The lowest BCUT2D eigenvalue weighted by molar-refractivity contribution is 0.0711. The predicted octanol–water partition coefficient (Wildman–Crippen LogP) is 5.21. The second kappa shape index (κ2) is 7.18. The number of nitrogens with zero attached hydrogens (tertiary/aromatic N) is 3. The first-order chi connectivity index (χ1) is 14.2. The number of rotatable bonds is 3. The number of imidazole rings is 1. The van der Waals surface area contributed by atoms with Crippen LogP contribution in [0.4, 0.5) is 0 Å². The number of amides is 1. The van der Waals surface area contributed by atoms with Crippen LogP contribution < -0.4 is 0 Å². The molecule has 1 N–H and O–H groups in total. The van der Waals surface area contributed by atoms with Crippen molar-refractivity contribution in [3.05, 3.63) is 101 Å². The van der Waals surface area contributed by atoms with E-state index >= 15 is 0 Å². The maximum absolute atomic E-state index is 13.3. The largest absolute Gasteiger partial charge is 0.337 e. The van der Waals surface area contributed by atoms with Crippen molar-refractivity contribution in [2.24, 2.45) is 5.10 Å². The molecule has 0 saturated heterocycles. The Morgan fingerprint density at radius 2 is 1.79 bits per heavy atom. The van der Waals surface area contributed by atoms with Gasteiger partial charge in [-0.05, 0) is 35.9 Å². The molecule has 142 valence electrons. The molecule has 1 aromatic heterocycles. The van der Waals surface area contributed by atoms with Gasteiger partial charge < -0.3 is 4.98 Å². The van der Waals surface area contributed by atoms with Crippen molar-refractivity contribution in [2.75, 3.05) is 0 Å². The summed E-state index contributed by atoms with van der Waals surface area (Å²) in [5.74, 6) is 0.501.